The first-order valence-electron chi connectivity index (χ1n) is 6.60. The zero-order valence-electron chi connectivity index (χ0n) is 12.0. The van der Waals surface area contributed by atoms with Crippen molar-refractivity contribution < 1.29 is 14.7 Å². The molecule has 1 amide bonds. The Labute approximate surface area is 117 Å². The van der Waals surface area contributed by atoms with Crippen molar-refractivity contribution in [3.63, 3.8) is 0 Å². The Kier molecular flexibility index (Phi) is 5.49. The molecular formula is C14H20N2O4. The normalized spacial score (nSPS) is 10.6. The highest BCUT2D eigenvalue weighted by molar-refractivity contribution is 5.95. The minimum atomic E-state index is -1.07. The van der Waals surface area contributed by atoms with Crippen LogP contribution in [-0.2, 0) is 4.79 Å². The summed E-state index contributed by atoms with van der Waals surface area (Å²) < 4.78 is 0. The van der Waals surface area contributed by atoms with Gasteiger partial charge in [0.25, 0.3) is 5.91 Å². The maximum atomic E-state index is 12.3. The van der Waals surface area contributed by atoms with Crippen LogP contribution in [0.1, 0.15) is 49.2 Å². The average molecular weight is 280 g/mol. The number of rotatable bonds is 6. The molecule has 0 atom stereocenters. The number of H-pyrrole nitrogens is 1. The predicted molar refractivity (Wildman–Crippen MR) is 75.0 cm³/mol. The highest BCUT2D eigenvalue weighted by Gasteiger charge is 2.19. The van der Waals surface area contributed by atoms with Crippen molar-refractivity contribution in [2.75, 3.05) is 13.1 Å². The number of nitrogens with zero attached hydrogens (tertiary/aromatic N) is 1. The summed E-state index contributed by atoms with van der Waals surface area (Å²) in [5.74, 6) is -1.42. The Hall–Kier alpha value is -2.11. The molecule has 0 aromatic carbocycles. The summed E-state index contributed by atoms with van der Waals surface area (Å²) in [4.78, 5) is 38.6. The van der Waals surface area contributed by atoms with Crippen LogP contribution in [0.3, 0.4) is 0 Å². The fourth-order valence-electron chi connectivity index (χ4n) is 1.87. The Balaban J connectivity index is 3.10. The second kappa shape index (κ2) is 6.88. The topological polar surface area (TPSA) is 90.5 Å². The van der Waals surface area contributed by atoms with Crippen LogP contribution in [0.15, 0.2) is 16.9 Å². The number of aliphatic carboxylic acids is 1. The summed E-state index contributed by atoms with van der Waals surface area (Å²) in [6, 6.07) is 2.82. The number of hydrogen-bond acceptors (Lipinski definition) is 3. The average Bonchev–Trinajstić information content (AvgIpc) is 2.36. The zero-order valence-corrected chi connectivity index (χ0v) is 12.0. The lowest BCUT2D eigenvalue weighted by Gasteiger charge is -2.20. The van der Waals surface area contributed by atoms with Gasteiger partial charge in [-0.05, 0) is 18.4 Å². The van der Waals surface area contributed by atoms with Gasteiger partial charge in [0.2, 0.25) is 5.56 Å². The number of carbonyl (C=O) groups excluding carboxylic acids is 1. The molecule has 0 unspecified atom stereocenters. The predicted octanol–water partition coefficient (Wildman–Crippen LogP) is 1.44. The number of pyridine rings is 1. The van der Waals surface area contributed by atoms with E-state index in [1.54, 1.807) is 6.07 Å². The largest absolute Gasteiger partial charge is 0.480 e. The first-order valence-corrected chi connectivity index (χ1v) is 6.60. The van der Waals surface area contributed by atoms with Gasteiger partial charge >= 0.3 is 5.97 Å². The second-order valence-electron chi connectivity index (χ2n) is 4.96. The molecule has 0 radical (unpaired) electrons. The molecule has 110 valence electrons. The summed E-state index contributed by atoms with van der Waals surface area (Å²) in [7, 11) is 0. The Morgan fingerprint density at radius 1 is 1.35 bits per heavy atom. The lowest BCUT2D eigenvalue weighted by molar-refractivity contribution is -0.137. The summed E-state index contributed by atoms with van der Waals surface area (Å²) >= 11 is 0. The molecule has 6 heteroatoms. The molecule has 1 rings (SSSR count). The number of nitrogens with one attached hydrogen (secondary N) is 1. The van der Waals surface area contributed by atoms with Gasteiger partial charge in [0, 0.05) is 23.9 Å². The van der Waals surface area contributed by atoms with Crippen molar-refractivity contribution in [2.24, 2.45) is 0 Å². The van der Waals surface area contributed by atoms with E-state index < -0.39 is 11.9 Å². The van der Waals surface area contributed by atoms with Gasteiger partial charge in [-0.1, -0.05) is 20.8 Å². The van der Waals surface area contributed by atoms with Gasteiger partial charge in [-0.15, -0.1) is 0 Å². The van der Waals surface area contributed by atoms with Gasteiger partial charge in [0.1, 0.15) is 6.54 Å². The van der Waals surface area contributed by atoms with Gasteiger partial charge in [0.05, 0.1) is 0 Å². The van der Waals surface area contributed by atoms with Crippen LogP contribution >= 0.6 is 0 Å². The van der Waals surface area contributed by atoms with E-state index in [1.807, 2.05) is 20.8 Å². The smallest absolute Gasteiger partial charge is 0.323 e. The molecule has 0 spiro atoms. The van der Waals surface area contributed by atoms with Gasteiger partial charge in [-0.2, -0.15) is 0 Å². The molecule has 0 aliphatic rings. The third kappa shape index (κ3) is 4.22. The quantitative estimate of drug-likeness (QED) is 0.824. The van der Waals surface area contributed by atoms with Gasteiger partial charge in [0.15, 0.2) is 0 Å². The van der Waals surface area contributed by atoms with E-state index >= 15 is 0 Å². The van der Waals surface area contributed by atoms with Crippen molar-refractivity contribution in [3.05, 3.63) is 33.7 Å². The summed E-state index contributed by atoms with van der Waals surface area (Å²) in [5, 5.41) is 8.84. The van der Waals surface area contributed by atoms with Crippen molar-refractivity contribution >= 4 is 11.9 Å². The fourth-order valence-corrected chi connectivity index (χ4v) is 1.87. The maximum Gasteiger partial charge on any atom is 0.323 e. The molecular weight excluding hydrogens is 260 g/mol. The minimum absolute atomic E-state index is 0.0783. The number of carboxylic acids is 1. The van der Waals surface area contributed by atoms with E-state index in [-0.39, 0.29) is 23.6 Å². The summed E-state index contributed by atoms with van der Waals surface area (Å²) in [6.45, 7) is 5.64. The molecule has 1 aromatic rings. The number of carboxylic acid groups (broad SMARTS) is 1. The van der Waals surface area contributed by atoms with Crippen molar-refractivity contribution in [3.8, 4) is 0 Å². The molecule has 6 nitrogen and oxygen atoms in total. The molecule has 1 heterocycles. The first kappa shape index (κ1) is 15.9. The van der Waals surface area contributed by atoms with Crippen LogP contribution in [0, 0.1) is 0 Å². The molecule has 0 aliphatic heterocycles. The molecule has 2 N–H and O–H groups in total. The molecule has 0 saturated heterocycles. The minimum Gasteiger partial charge on any atom is -0.480 e. The maximum absolute atomic E-state index is 12.3. The van der Waals surface area contributed by atoms with Crippen LogP contribution in [0.2, 0.25) is 0 Å². The number of carbonyl (C=O) groups is 2. The van der Waals surface area contributed by atoms with E-state index in [2.05, 4.69) is 4.98 Å². The molecule has 1 aromatic heterocycles. The van der Waals surface area contributed by atoms with E-state index in [1.165, 1.54) is 11.0 Å². The second-order valence-corrected chi connectivity index (χ2v) is 4.96. The molecule has 20 heavy (non-hydrogen) atoms. The van der Waals surface area contributed by atoms with E-state index in [9.17, 15) is 14.4 Å². The molecule has 0 fully saturated rings. The highest BCUT2D eigenvalue weighted by atomic mass is 16.4. The standard InChI is InChI=1S/C14H20N2O4/c1-4-5-16(8-13(18)19)14(20)10-6-11(9(2)3)15-12(17)7-10/h6-7,9H,4-5,8H2,1-3H3,(H,15,17)(H,18,19). The molecule has 0 saturated carbocycles. The summed E-state index contributed by atoms with van der Waals surface area (Å²) in [6.07, 6.45) is 0.652. The van der Waals surface area contributed by atoms with Crippen molar-refractivity contribution in [1.82, 2.24) is 9.88 Å². The SMILES string of the molecule is CCCN(CC(=O)O)C(=O)c1cc(C(C)C)[nH]c(=O)c1. The van der Waals surface area contributed by atoms with Crippen molar-refractivity contribution in [1.29, 1.82) is 0 Å². The Morgan fingerprint density at radius 2 is 2.00 bits per heavy atom. The third-order valence-corrected chi connectivity index (χ3v) is 2.84. The van der Waals surface area contributed by atoms with Crippen LogP contribution in [0.4, 0.5) is 0 Å². The zero-order chi connectivity index (χ0) is 15.3. The number of aromatic nitrogens is 1. The summed E-state index contributed by atoms with van der Waals surface area (Å²) in [5.41, 5.74) is 0.533. The van der Waals surface area contributed by atoms with E-state index in [4.69, 9.17) is 5.11 Å². The number of hydrogen-bond donors (Lipinski definition) is 2. The van der Waals surface area contributed by atoms with Gasteiger partial charge in [-0.25, -0.2) is 0 Å². The Bertz CT molecular complexity index is 548. The van der Waals surface area contributed by atoms with Gasteiger partial charge in [-0.3, -0.25) is 14.4 Å². The Morgan fingerprint density at radius 3 is 2.50 bits per heavy atom. The van der Waals surface area contributed by atoms with Crippen LogP contribution in [0.25, 0.3) is 0 Å². The van der Waals surface area contributed by atoms with E-state index in [0.29, 0.717) is 18.7 Å². The lowest BCUT2D eigenvalue weighted by Crippen LogP contribution is -2.36. The fraction of sp³-hybridized carbons (Fsp3) is 0.500. The third-order valence-electron chi connectivity index (χ3n) is 2.84. The monoisotopic (exact) mass is 280 g/mol. The van der Waals surface area contributed by atoms with Gasteiger partial charge < -0.3 is 15.0 Å². The molecule has 0 aliphatic carbocycles. The lowest BCUT2D eigenvalue weighted by atomic mass is 10.1. The number of amides is 1. The highest BCUT2D eigenvalue weighted by Crippen LogP contribution is 2.12. The van der Waals surface area contributed by atoms with E-state index in [0.717, 1.165) is 0 Å². The first-order chi connectivity index (χ1) is 9.35. The van der Waals surface area contributed by atoms with Crippen LogP contribution < -0.4 is 5.56 Å². The van der Waals surface area contributed by atoms with Crippen LogP contribution in [0.5, 0.6) is 0 Å². The molecule has 0 bridgehead atoms. The number of aromatic amines is 1. The van der Waals surface area contributed by atoms with Crippen LogP contribution in [-0.4, -0.2) is 40.0 Å². The van der Waals surface area contributed by atoms with Crippen molar-refractivity contribution in [2.45, 2.75) is 33.1 Å².